The molecule has 3 rings (SSSR count). The summed E-state index contributed by atoms with van der Waals surface area (Å²) in [5, 5.41) is 12.1. The van der Waals surface area contributed by atoms with E-state index in [-0.39, 0.29) is 16.7 Å². The molecule has 2 heterocycles. The number of nitrogens with one attached hydrogen (secondary N) is 1. The van der Waals surface area contributed by atoms with Crippen LogP contribution in [0.2, 0.25) is 0 Å². The standard InChI is InChI=1S/C20H23NO5/c1-2-16-15(19(23)24)12-17(26-16)18(22)21-13-20(8-10-25-11-9-20)14-6-4-3-5-7-14/h3-7,12H,2,8-11,13H2,1H3,(H,21,22)(H,23,24). The van der Waals surface area contributed by atoms with E-state index in [0.717, 1.165) is 12.8 Å². The number of ether oxygens (including phenoxy) is 1. The molecule has 1 amide bonds. The lowest BCUT2D eigenvalue weighted by Gasteiger charge is -2.37. The van der Waals surface area contributed by atoms with Gasteiger partial charge in [-0.1, -0.05) is 37.3 Å². The molecule has 0 spiro atoms. The molecule has 6 heteroatoms. The second-order valence-electron chi connectivity index (χ2n) is 6.55. The summed E-state index contributed by atoms with van der Waals surface area (Å²) in [6.07, 6.45) is 2.05. The maximum atomic E-state index is 12.5. The van der Waals surface area contributed by atoms with Gasteiger partial charge in [0.15, 0.2) is 5.76 Å². The Bertz CT molecular complexity index is 775. The molecule has 1 aromatic carbocycles. The lowest BCUT2D eigenvalue weighted by atomic mass is 9.74. The molecule has 138 valence electrons. The van der Waals surface area contributed by atoms with Crippen LogP contribution in [0.3, 0.4) is 0 Å². The monoisotopic (exact) mass is 357 g/mol. The summed E-state index contributed by atoms with van der Waals surface area (Å²) in [5.41, 5.74) is 1.02. The number of hydrogen-bond donors (Lipinski definition) is 2. The van der Waals surface area contributed by atoms with Crippen molar-refractivity contribution in [1.82, 2.24) is 5.32 Å². The van der Waals surface area contributed by atoms with Crippen molar-refractivity contribution < 1.29 is 23.8 Å². The van der Waals surface area contributed by atoms with Crippen molar-refractivity contribution >= 4 is 11.9 Å². The summed E-state index contributed by atoms with van der Waals surface area (Å²) in [6.45, 7) is 3.53. The summed E-state index contributed by atoms with van der Waals surface area (Å²) < 4.78 is 10.9. The Morgan fingerprint density at radius 2 is 1.88 bits per heavy atom. The molecule has 0 aliphatic carbocycles. The van der Waals surface area contributed by atoms with Crippen molar-refractivity contribution in [2.45, 2.75) is 31.6 Å². The summed E-state index contributed by atoms with van der Waals surface area (Å²) in [6, 6.07) is 11.4. The van der Waals surface area contributed by atoms with Crippen LogP contribution in [0.5, 0.6) is 0 Å². The summed E-state index contributed by atoms with van der Waals surface area (Å²) in [5.74, 6) is -1.13. The van der Waals surface area contributed by atoms with Gasteiger partial charge in [-0.15, -0.1) is 0 Å². The van der Waals surface area contributed by atoms with Gasteiger partial charge in [-0.3, -0.25) is 4.79 Å². The van der Waals surface area contributed by atoms with Crippen LogP contribution in [0.4, 0.5) is 0 Å². The summed E-state index contributed by atoms with van der Waals surface area (Å²) >= 11 is 0. The van der Waals surface area contributed by atoms with Gasteiger partial charge in [0.1, 0.15) is 11.3 Å². The molecule has 1 saturated heterocycles. The number of carboxylic acids is 1. The third kappa shape index (κ3) is 3.65. The van der Waals surface area contributed by atoms with Crippen molar-refractivity contribution in [3.8, 4) is 0 Å². The van der Waals surface area contributed by atoms with E-state index in [1.165, 1.54) is 11.6 Å². The smallest absolute Gasteiger partial charge is 0.339 e. The Labute approximate surface area is 152 Å². The fourth-order valence-electron chi connectivity index (χ4n) is 3.44. The Morgan fingerprint density at radius 3 is 2.46 bits per heavy atom. The summed E-state index contributed by atoms with van der Waals surface area (Å²) in [7, 11) is 0. The predicted octanol–water partition coefficient (Wildman–Crippen LogP) is 3.02. The number of aromatic carboxylic acids is 1. The SMILES string of the molecule is CCc1oc(C(=O)NCC2(c3ccccc3)CCOCC2)cc1C(=O)O. The van der Waals surface area contributed by atoms with Crippen LogP contribution in [-0.4, -0.2) is 36.7 Å². The van der Waals surface area contributed by atoms with Gasteiger partial charge >= 0.3 is 5.97 Å². The highest BCUT2D eigenvalue weighted by Crippen LogP contribution is 2.34. The molecule has 1 aliphatic heterocycles. The number of carbonyl (C=O) groups is 2. The number of amides is 1. The maximum Gasteiger partial charge on any atom is 0.339 e. The first kappa shape index (κ1) is 18.2. The van der Waals surface area contributed by atoms with Gasteiger partial charge in [-0.2, -0.15) is 0 Å². The second kappa shape index (κ2) is 7.74. The second-order valence-corrected chi connectivity index (χ2v) is 6.55. The highest BCUT2D eigenvalue weighted by atomic mass is 16.5. The predicted molar refractivity (Wildman–Crippen MR) is 95.6 cm³/mol. The zero-order valence-electron chi connectivity index (χ0n) is 14.8. The Morgan fingerprint density at radius 1 is 1.19 bits per heavy atom. The van der Waals surface area contributed by atoms with E-state index < -0.39 is 11.9 Å². The van der Waals surface area contributed by atoms with Gasteiger partial charge in [-0.05, 0) is 18.4 Å². The zero-order chi connectivity index (χ0) is 18.6. The van der Waals surface area contributed by atoms with E-state index in [4.69, 9.17) is 9.15 Å². The van der Waals surface area contributed by atoms with Crippen LogP contribution in [0, 0.1) is 0 Å². The van der Waals surface area contributed by atoms with Crippen LogP contribution in [0.1, 0.15) is 52.0 Å². The van der Waals surface area contributed by atoms with Crippen molar-refractivity contribution in [3.05, 3.63) is 59.0 Å². The normalized spacial score (nSPS) is 16.2. The van der Waals surface area contributed by atoms with Gasteiger partial charge in [0.2, 0.25) is 0 Å². The van der Waals surface area contributed by atoms with E-state index in [2.05, 4.69) is 17.4 Å². The van der Waals surface area contributed by atoms with E-state index in [1.807, 2.05) is 18.2 Å². The molecule has 1 aliphatic rings. The van der Waals surface area contributed by atoms with Crippen molar-refractivity contribution in [3.63, 3.8) is 0 Å². The molecular formula is C20H23NO5. The molecular weight excluding hydrogens is 334 g/mol. The lowest BCUT2D eigenvalue weighted by Crippen LogP contribution is -2.44. The number of carbonyl (C=O) groups excluding carboxylic acids is 1. The topological polar surface area (TPSA) is 88.8 Å². The fraction of sp³-hybridized carbons (Fsp3) is 0.400. The van der Waals surface area contributed by atoms with Crippen molar-refractivity contribution in [2.24, 2.45) is 0 Å². The highest BCUT2D eigenvalue weighted by molar-refractivity contribution is 5.96. The number of rotatable bonds is 6. The minimum Gasteiger partial charge on any atom is -0.478 e. The molecule has 1 fully saturated rings. The summed E-state index contributed by atoms with van der Waals surface area (Å²) in [4.78, 5) is 23.8. The lowest BCUT2D eigenvalue weighted by molar-refractivity contribution is 0.0484. The van der Waals surface area contributed by atoms with E-state index >= 15 is 0 Å². The average molecular weight is 357 g/mol. The first-order valence-corrected chi connectivity index (χ1v) is 8.83. The molecule has 0 radical (unpaired) electrons. The Kier molecular flexibility index (Phi) is 5.42. The van der Waals surface area contributed by atoms with Crippen molar-refractivity contribution in [2.75, 3.05) is 19.8 Å². The first-order valence-electron chi connectivity index (χ1n) is 8.83. The van der Waals surface area contributed by atoms with E-state index in [9.17, 15) is 14.7 Å². The van der Waals surface area contributed by atoms with Gasteiger partial charge < -0.3 is 19.6 Å². The molecule has 6 nitrogen and oxygen atoms in total. The third-order valence-electron chi connectivity index (χ3n) is 5.01. The number of aryl methyl sites for hydroxylation is 1. The molecule has 0 unspecified atom stereocenters. The zero-order valence-corrected chi connectivity index (χ0v) is 14.8. The quantitative estimate of drug-likeness (QED) is 0.830. The number of hydrogen-bond acceptors (Lipinski definition) is 4. The van der Waals surface area contributed by atoms with Crippen LogP contribution < -0.4 is 5.32 Å². The van der Waals surface area contributed by atoms with Gasteiger partial charge in [0, 0.05) is 37.7 Å². The highest BCUT2D eigenvalue weighted by Gasteiger charge is 2.35. The van der Waals surface area contributed by atoms with Crippen LogP contribution in [-0.2, 0) is 16.6 Å². The Hall–Kier alpha value is -2.60. The van der Waals surface area contributed by atoms with Crippen LogP contribution >= 0.6 is 0 Å². The molecule has 2 N–H and O–H groups in total. The molecule has 0 saturated carbocycles. The van der Waals surface area contributed by atoms with Crippen LogP contribution in [0.25, 0.3) is 0 Å². The Balaban J connectivity index is 1.77. The minimum absolute atomic E-state index is 0.0366. The minimum atomic E-state index is -1.09. The molecule has 26 heavy (non-hydrogen) atoms. The van der Waals surface area contributed by atoms with Crippen LogP contribution in [0.15, 0.2) is 40.8 Å². The molecule has 0 bridgehead atoms. The molecule has 2 aromatic rings. The van der Waals surface area contributed by atoms with E-state index in [0.29, 0.717) is 31.9 Å². The average Bonchev–Trinajstić information content (AvgIpc) is 3.12. The van der Waals surface area contributed by atoms with Gasteiger partial charge in [-0.25, -0.2) is 4.79 Å². The van der Waals surface area contributed by atoms with E-state index in [1.54, 1.807) is 6.92 Å². The first-order chi connectivity index (χ1) is 12.6. The largest absolute Gasteiger partial charge is 0.478 e. The maximum absolute atomic E-state index is 12.5. The molecule has 1 aromatic heterocycles. The molecule has 0 atom stereocenters. The van der Waals surface area contributed by atoms with Gasteiger partial charge in [0.25, 0.3) is 5.91 Å². The number of furan rings is 1. The van der Waals surface area contributed by atoms with Gasteiger partial charge in [0.05, 0.1) is 0 Å². The van der Waals surface area contributed by atoms with Crippen molar-refractivity contribution in [1.29, 1.82) is 0 Å². The third-order valence-corrected chi connectivity index (χ3v) is 5.01. The number of carboxylic acid groups (broad SMARTS) is 1. The number of benzene rings is 1. The fourth-order valence-corrected chi connectivity index (χ4v) is 3.44.